The van der Waals surface area contributed by atoms with Crippen LogP contribution in [-0.4, -0.2) is 40.1 Å². The molecule has 0 saturated carbocycles. The number of aryl methyl sites for hydroxylation is 1. The van der Waals surface area contributed by atoms with Gasteiger partial charge in [0.15, 0.2) is 0 Å². The van der Waals surface area contributed by atoms with Gasteiger partial charge in [-0.15, -0.1) is 0 Å². The Morgan fingerprint density at radius 1 is 1.08 bits per heavy atom. The fraction of sp³-hybridized carbons (Fsp3) is 0.222. The number of carbonyl (C=O) groups excluding carboxylic acids is 2. The Morgan fingerprint density at radius 3 is 2.38 bits per heavy atom. The van der Waals surface area contributed by atoms with Crippen molar-refractivity contribution in [2.75, 3.05) is 29.5 Å². The summed E-state index contributed by atoms with van der Waals surface area (Å²) in [4.78, 5) is 24.1. The summed E-state index contributed by atoms with van der Waals surface area (Å²) in [7, 11) is -2.13. The van der Waals surface area contributed by atoms with Crippen molar-refractivity contribution < 1.29 is 18.0 Å². The fourth-order valence-corrected chi connectivity index (χ4v) is 3.35. The SMILES string of the molecule is CNC(=O)c1cccc(NC(=O)CN(c2ccccc2C)S(C)(=O)=O)c1. The van der Waals surface area contributed by atoms with Crippen LogP contribution in [0.1, 0.15) is 15.9 Å². The first kappa shape index (κ1) is 19.5. The van der Waals surface area contributed by atoms with Crippen LogP contribution in [0.2, 0.25) is 0 Å². The zero-order valence-corrected chi connectivity index (χ0v) is 15.6. The second-order valence-corrected chi connectivity index (χ2v) is 7.67. The average molecular weight is 375 g/mol. The highest BCUT2D eigenvalue weighted by atomic mass is 32.2. The second kappa shape index (κ2) is 8.01. The van der Waals surface area contributed by atoms with E-state index in [2.05, 4.69) is 10.6 Å². The second-order valence-electron chi connectivity index (χ2n) is 5.76. The highest BCUT2D eigenvalue weighted by Crippen LogP contribution is 2.22. The predicted octanol–water partition coefficient (Wildman–Crippen LogP) is 1.76. The molecule has 2 aromatic rings. The molecule has 0 heterocycles. The standard InChI is InChI=1S/C18H21N3O4S/c1-13-7-4-5-10-16(13)21(26(3,24)25)12-17(22)20-15-9-6-8-14(11-15)18(23)19-2/h4-11H,12H2,1-3H3,(H,19,23)(H,20,22). The van der Waals surface area contributed by atoms with Crippen molar-refractivity contribution in [3.05, 3.63) is 59.7 Å². The maximum atomic E-state index is 12.4. The van der Waals surface area contributed by atoms with E-state index in [4.69, 9.17) is 0 Å². The number of anilines is 2. The lowest BCUT2D eigenvalue weighted by atomic mass is 10.2. The number of sulfonamides is 1. The topological polar surface area (TPSA) is 95.6 Å². The van der Waals surface area contributed by atoms with E-state index < -0.39 is 15.9 Å². The van der Waals surface area contributed by atoms with Gasteiger partial charge in [0.25, 0.3) is 5.91 Å². The minimum atomic E-state index is -3.64. The number of benzene rings is 2. The van der Waals surface area contributed by atoms with E-state index in [-0.39, 0.29) is 12.5 Å². The van der Waals surface area contributed by atoms with Gasteiger partial charge < -0.3 is 10.6 Å². The van der Waals surface area contributed by atoms with Crippen molar-refractivity contribution >= 4 is 33.2 Å². The highest BCUT2D eigenvalue weighted by Gasteiger charge is 2.22. The molecule has 2 rings (SSSR count). The van der Waals surface area contributed by atoms with Crippen molar-refractivity contribution in [1.29, 1.82) is 0 Å². The predicted molar refractivity (Wildman–Crippen MR) is 102 cm³/mol. The summed E-state index contributed by atoms with van der Waals surface area (Å²) < 4.78 is 25.4. The minimum absolute atomic E-state index is 0.279. The Kier molecular flexibility index (Phi) is 5.99. The zero-order chi connectivity index (χ0) is 19.3. The molecule has 7 nitrogen and oxygen atoms in total. The van der Waals surface area contributed by atoms with Gasteiger partial charge >= 0.3 is 0 Å². The van der Waals surface area contributed by atoms with E-state index >= 15 is 0 Å². The summed E-state index contributed by atoms with van der Waals surface area (Å²) in [5.41, 5.74) is 2.00. The van der Waals surface area contributed by atoms with Gasteiger partial charge in [0.05, 0.1) is 11.9 Å². The molecular formula is C18H21N3O4S. The molecule has 0 aliphatic heterocycles. The Labute approximate surface area is 153 Å². The molecule has 26 heavy (non-hydrogen) atoms. The van der Waals surface area contributed by atoms with Gasteiger partial charge in [-0.1, -0.05) is 24.3 Å². The summed E-state index contributed by atoms with van der Waals surface area (Å²) in [5, 5.41) is 5.13. The Balaban J connectivity index is 2.21. The molecule has 0 radical (unpaired) electrons. The number of nitrogens with one attached hydrogen (secondary N) is 2. The molecule has 0 aliphatic rings. The molecule has 2 amide bonds. The molecular weight excluding hydrogens is 354 g/mol. The maximum absolute atomic E-state index is 12.4. The van der Waals surface area contributed by atoms with E-state index in [1.807, 2.05) is 0 Å². The van der Waals surface area contributed by atoms with Crippen LogP contribution >= 0.6 is 0 Å². The van der Waals surface area contributed by atoms with Gasteiger partial charge in [-0.05, 0) is 36.8 Å². The molecule has 0 saturated heterocycles. The van der Waals surface area contributed by atoms with Crippen LogP contribution in [-0.2, 0) is 14.8 Å². The molecule has 0 fully saturated rings. The number of carbonyl (C=O) groups is 2. The summed E-state index contributed by atoms with van der Waals surface area (Å²) in [6.45, 7) is 1.41. The largest absolute Gasteiger partial charge is 0.355 e. The molecule has 2 aromatic carbocycles. The molecule has 2 N–H and O–H groups in total. The van der Waals surface area contributed by atoms with E-state index in [0.29, 0.717) is 16.9 Å². The van der Waals surface area contributed by atoms with Crippen LogP contribution in [0.15, 0.2) is 48.5 Å². The van der Waals surface area contributed by atoms with Gasteiger partial charge in [0, 0.05) is 18.3 Å². The number of nitrogens with zero attached hydrogens (tertiary/aromatic N) is 1. The summed E-state index contributed by atoms with van der Waals surface area (Å²) in [5.74, 6) is -0.786. The van der Waals surface area contributed by atoms with Crippen molar-refractivity contribution in [3.8, 4) is 0 Å². The quantitative estimate of drug-likeness (QED) is 0.804. The lowest BCUT2D eigenvalue weighted by Crippen LogP contribution is -2.37. The van der Waals surface area contributed by atoms with E-state index in [0.717, 1.165) is 16.1 Å². The monoisotopic (exact) mass is 375 g/mol. The van der Waals surface area contributed by atoms with E-state index in [1.54, 1.807) is 49.4 Å². The van der Waals surface area contributed by atoms with Gasteiger partial charge in [0.2, 0.25) is 15.9 Å². The third kappa shape index (κ3) is 4.82. The van der Waals surface area contributed by atoms with Gasteiger partial charge in [-0.2, -0.15) is 0 Å². The van der Waals surface area contributed by atoms with Crippen molar-refractivity contribution in [2.24, 2.45) is 0 Å². The van der Waals surface area contributed by atoms with Crippen LogP contribution in [0.25, 0.3) is 0 Å². The van der Waals surface area contributed by atoms with Crippen molar-refractivity contribution in [1.82, 2.24) is 5.32 Å². The molecule has 0 unspecified atom stereocenters. The van der Waals surface area contributed by atoms with E-state index in [9.17, 15) is 18.0 Å². The molecule has 8 heteroatoms. The first-order valence-electron chi connectivity index (χ1n) is 7.87. The Bertz CT molecular complexity index is 926. The zero-order valence-electron chi connectivity index (χ0n) is 14.8. The Morgan fingerprint density at radius 2 is 1.77 bits per heavy atom. The number of rotatable bonds is 6. The smallest absolute Gasteiger partial charge is 0.251 e. The average Bonchev–Trinajstić information content (AvgIpc) is 2.59. The molecule has 138 valence electrons. The molecule has 0 spiro atoms. The summed E-state index contributed by atoms with van der Waals surface area (Å²) >= 11 is 0. The highest BCUT2D eigenvalue weighted by molar-refractivity contribution is 7.92. The molecule has 0 bridgehead atoms. The van der Waals surface area contributed by atoms with Crippen LogP contribution in [0.4, 0.5) is 11.4 Å². The maximum Gasteiger partial charge on any atom is 0.251 e. The number of hydrogen-bond donors (Lipinski definition) is 2. The molecule has 0 atom stereocenters. The van der Waals surface area contributed by atoms with Crippen molar-refractivity contribution in [2.45, 2.75) is 6.92 Å². The van der Waals surface area contributed by atoms with Gasteiger partial charge in [0.1, 0.15) is 6.54 Å². The number of para-hydroxylation sites is 1. The van der Waals surface area contributed by atoms with Crippen LogP contribution < -0.4 is 14.9 Å². The fourth-order valence-electron chi connectivity index (χ4n) is 2.44. The molecule has 0 aromatic heterocycles. The number of amides is 2. The first-order chi connectivity index (χ1) is 12.2. The lowest BCUT2D eigenvalue weighted by molar-refractivity contribution is -0.114. The van der Waals surface area contributed by atoms with Crippen LogP contribution in [0.5, 0.6) is 0 Å². The van der Waals surface area contributed by atoms with Gasteiger partial charge in [-0.3, -0.25) is 13.9 Å². The minimum Gasteiger partial charge on any atom is -0.355 e. The summed E-state index contributed by atoms with van der Waals surface area (Å²) in [6.07, 6.45) is 1.05. The van der Waals surface area contributed by atoms with Crippen LogP contribution in [0, 0.1) is 6.92 Å². The normalized spacial score (nSPS) is 10.9. The van der Waals surface area contributed by atoms with Crippen LogP contribution in [0.3, 0.4) is 0 Å². The molecule has 0 aliphatic carbocycles. The van der Waals surface area contributed by atoms with Gasteiger partial charge in [-0.25, -0.2) is 8.42 Å². The third-order valence-corrected chi connectivity index (χ3v) is 4.83. The first-order valence-corrected chi connectivity index (χ1v) is 9.72. The Hall–Kier alpha value is -2.87. The third-order valence-electron chi connectivity index (χ3n) is 3.71. The van der Waals surface area contributed by atoms with Crippen molar-refractivity contribution in [3.63, 3.8) is 0 Å². The number of hydrogen-bond acceptors (Lipinski definition) is 4. The lowest BCUT2D eigenvalue weighted by Gasteiger charge is -2.23. The summed E-state index contributed by atoms with van der Waals surface area (Å²) in [6, 6.07) is 13.3. The van der Waals surface area contributed by atoms with E-state index in [1.165, 1.54) is 13.1 Å².